The van der Waals surface area contributed by atoms with Crippen LogP contribution in [0.25, 0.3) is 0 Å². The minimum atomic E-state index is -1.18. The molecule has 0 saturated heterocycles. The summed E-state index contributed by atoms with van der Waals surface area (Å²) in [6, 6.07) is 3.95. The summed E-state index contributed by atoms with van der Waals surface area (Å²) >= 11 is 3.15. The van der Waals surface area contributed by atoms with Gasteiger partial charge < -0.3 is 14.9 Å². The number of benzene rings is 1. The zero-order chi connectivity index (χ0) is 13.7. The molecular formula is C11H14BrNO5. The fraction of sp³-hybridized carbons (Fsp3) is 0.455. The molecule has 0 aliphatic rings. The Hall–Kier alpha value is -1.18. The quantitative estimate of drug-likeness (QED) is 0.473. The van der Waals surface area contributed by atoms with Gasteiger partial charge in [-0.1, -0.05) is 15.9 Å². The maximum absolute atomic E-state index is 10.7. The van der Waals surface area contributed by atoms with Crippen molar-refractivity contribution in [2.45, 2.75) is 18.6 Å². The van der Waals surface area contributed by atoms with Crippen LogP contribution < -0.4 is 4.74 Å². The van der Waals surface area contributed by atoms with Crippen molar-refractivity contribution in [2.24, 2.45) is 0 Å². The number of non-ortho nitro benzene ring substituents is 1. The average molecular weight is 320 g/mol. The van der Waals surface area contributed by atoms with Gasteiger partial charge in [-0.3, -0.25) is 10.1 Å². The predicted octanol–water partition coefficient (Wildman–Crippen LogP) is 1.78. The number of aliphatic hydroxyl groups excluding tert-OH is 2. The Morgan fingerprint density at radius 2 is 2.11 bits per heavy atom. The van der Waals surface area contributed by atoms with Gasteiger partial charge in [0.2, 0.25) is 0 Å². The first kappa shape index (κ1) is 14.9. The fourth-order valence-electron chi connectivity index (χ4n) is 1.49. The number of alkyl halides is 1. The molecule has 6 nitrogen and oxygen atoms in total. The lowest BCUT2D eigenvalue weighted by molar-refractivity contribution is -0.385. The van der Waals surface area contributed by atoms with Crippen LogP contribution in [-0.2, 0) is 0 Å². The zero-order valence-electron chi connectivity index (χ0n) is 9.75. The van der Waals surface area contributed by atoms with Gasteiger partial charge in [-0.05, 0) is 18.1 Å². The van der Waals surface area contributed by atoms with Crippen LogP contribution in [0.15, 0.2) is 18.2 Å². The Morgan fingerprint density at radius 1 is 1.44 bits per heavy atom. The summed E-state index contributed by atoms with van der Waals surface area (Å²) in [6.45, 7) is 0. The monoisotopic (exact) mass is 319 g/mol. The number of rotatable bonds is 6. The molecule has 0 fully saturated rings. The Kier molecular flexibility index (Phi) is 5.52. The molecule has 18 heavy (non-hydrogen) atoms. The molecule has 0 radical (unpaired) electrons. The lowest BCUT2D eigenvalue weighted by Crippen LogP contribution is -2.18. The Bertz CT molecular complexity index is 426. The maximum Gasteiger partial charge on any atom is 0.273 e. The van der Waals surface area contributed by atoms with Gasteiger partial charge in [0.15, 0.2) is 0 Å². The summed E-state index contributed by atoms with van der Waals surface area (Å²) in [4.78, 5) is 10.2. The summed E-state index contributed by atoms with van der Waals surface area (Å²) in [6.07, 6.45) is -1.83. The highest BCUT2D eigenvalue weighted by atomic mass is 79.9. The second-order valence-electron chi connectivity index (χ2n) is 3.71. The number of ether oxygens (including phenoxy) is 1. The van der Waals surface area contributed by atoms with Crippen molar-refractivity contribution in [1.29, 1.82) is 0 Å². The average Bonchev–Trinajstić information content (AvgIpc) is 2.37. The van der Waals surface area contributed by atoms with Crippen LogP contribution in [0, 0.1) is 10.1 Å². The first-order valence-corrected chi connectivity index (χ1v) is 6.37. The summed E-state index contributed by atoms with van der Waals surface area (Å²) in [5, 5.41) is 30.8. The normalized spacial score (nSPS) is 14.0. The molecule has 7 heteroatoms. The molecule has 0 aliphatic heterocycles. The second kappa shape index (κ2) is 6.67. The van der Waals surface area contributed by atoms with Crippen molar-refractivity contribution in [2.75, 3.05) is 12.4 Å². The van der Waals surface area contributed by atoms with E-state index in [1.54, 1.807) is 0 Å². The lowest BCUT2D eigenvalue weighted by atomic mass is 10.0. The van der Waals surface area contributed by atoms with Gasteiger partial charge in [-0.2, -0.15) is 0 Å². The van der Waals surface area contributed by atoms with Crippen molar-refractivity contribution in [3.8, 4) is 5.75 Å². The smallest absolute Gasteiger partial charge is 0.273 e. The highest BCUT2D eigenvalue weighted by Gasteiger charge is 2.21. The number of nitro benzene ring substituents is 1. The number of nitrogens with zero attached hydrogens (tertiary/aromatic N) is 1. The molecule has 0 saturated carbocycles. The summed E-state index contributed by atoms with van der Waals surface area (Å²) in [5.41, 5.74) is 0.0731. The molecule has 0 heterocycles. The highest BCUT2D eigenvalue weighted by Crippen LogP contribution is 2.28. The van der Waals surface area contributed by atoms with E-state index >= 15 is 0 Å². The van der Waals surface area contributed by atoms with E-state index in [2.05, 4.69) is 15.9 Å². The molecule has 2 unspecified atom stereocenters. The molecule has 0 amide bonds. The molecule has 0 aliphatic carbocycles. The number of aliphatic hydroxyl groups is 2. The molecule has 1 aromatic rings. The van der Waals surface area contributed by atoms with Gasteiger partial charge in [-0.15, -0.1) is 0 Å². The summed E-state index contributed by atoms with van der Waals surface area (Å²) in [5.74, 6) is 0.268. The van der Waals surface area contributed by atoms with Crippen molar-refractivity contribution < 1.29 is 19.9 Å². The van der Waals surface area contributed by atoms with Crippen LogP contribution in [0.5, 0.6) is 5.75 Å². The van der Waals surface area contributed by atoms with E-state index in [9.17, 15) is 20.3 Å². The summed E-state index contributed by atoms with van der Waals surface area (Å²) < 4.78 is 4.93. The third-order valence-electron chi connectivity index (χ3n) is 2.47. The first-order valence-electron chi connectivity index (χ1n) is 5.25. The molecule has 2 N–H and O–H groups in total. The third kappa shape index (κ3) is 3.66. The standard InChI is InChI=1S/C11H14BrNO5/c1-18-9-5-7(4-8(6-9)13(16)17)11(15)10(14)2-3-12/h4-6,10-11,14-15H,2-3H2,1H3. The number of hydrogen-bond acceptors (Lipinski definition) is 5. The van der Waals surface area contributed by atoms with Crippen molar-refractivity contribution in [3.05, 3.63) is 33.9 Å². The predicted molar refractivity (Wildman–Crippen MR) is 69.0 cm³/mol. The van der Waals surface area contributed by atoms with E-state index in [0.717, 1.165) is 0 Å². The maximum atomic E-state index is 10.7. The molecule has 2 atom stereocenters. The third-order valence-corrected chi connectivity index (χ3v) is 2.93. The topological polar surface area (TPSA) is 92.8 Å². The Balaban J connectivity index is 3.07. The molecule has 0 spiro atoms. The van der Waals surface area contributed by atoms with Gasteiger partial charge >= 0.3 is 0 Å². The van der Waals surface area contributed by atoms with Crippen LogP contribution in [0.2, 0.25) is 0 Å². The Morgan fingerprint density at radius 3 is 2.61 bits per heavy atom. The number of halogens is 1. The van der Waals surface area contributed by atoms with Gasteiger partial charge in [0.25, 0.3) is 5.69 Å². The van der Waals surface area contributed by atoms with Crippen LogP contribution in [-0.4, -0.2) is 33.7 Å². The van der Waals surface area contributed by atoms with Crippen molar-refractivity contribution in [3.63, 3.8) is 0 Å². The van der Waals surface area contributed by atoms with E-state index in [4.69, 9.17) is 4.74 Å². The van der Waals surface area contributed by atoms with Crippen LogP contribution in [0.3, 0.4) is 0 Å². The molecule has 1 aromatic carbocycles. The number of nitro groups is 1. The van der Waals surface area contributed by atoms with E-state index in [-0.39, 0.29) is 17.0 Å². The highest BCUT2D eigenvalue weighted by molar-refractivity contribution is 9.09. The minimum absolute atomic E-state index is 0.186. The largest absolute Gasteiger partial charge is 0.496 e. The van der Waals surface area contributed by atoms with Crippen LogP contribution in [0.4, 0.5) is 5.69 Å². The van der Waals surface area contributed by atoms with E-state index in [1.807, 2.05) is 0 Å². The van der Waals surface area contributed by atoms with E-state index in [0.29, 0.717) is 11.8 Å². The van der Waals surface area contributed by atoms with Gasteiger partial charge in [0.1, 0.15) is 11.9 Å². The van der Waals surface area contributed by atoms with Gasteiger partial charge in [0.05, 0.1) is 24.2 Å². The van der Waals surface area contributed by atoms with Crippen LogP contribution in [0.1, 0.15) is 18.1 Å². The van der Waals surface area contributed by atoms with Crippen LogP contribution >= 0.6 is 15.9 Å². The van der Waals surface area contributed by atoms with Crippen molar-refractivity contribution >= 4 is 21.6 Å². The molecule has 0 aromatic heterocycles. The second-order valence-corrected chi connectivity index (χ2v) is 4.50. The number of hydrogen-bond donors (Lipinski definition) is 2. The minimum Gasteiger partial charge on any atom is -0.496 e. The van der Waals surface area contributed by atoms with Gasteiger partial charge in [-0.25, -0.2) is 0 Å². The lowest BCUT2D eigenvalue weighted by Gasteiger charge is -2.17. The molecule has 1 rings (SSSR count). The molecular weight excluding hydrogens is 306 g/mol. The van der Waals surface area contributed by atoms with Gasteiger partial charge in [0, 0.05) is 11.4 Å². The van der Waals surface area contributed by atoms with E-state index in [1.165, 1.54) is 25.3 Å². The SMILES string of the molecule is COc1cc(C(O)C(O)CCBr)cc([N+](=O)[O-])c1. The number of methoxy groups -OCH3 is 1. The molecule has 100 valence electrons. The zero-order valence-corrected chi connectivity index (χ0v) is 11.3. The first-order chi connectivity index (χ1) is 8.49. The fourth-order valence-corrected chi connectivity index (χ4v) is 1.96. The molecule has 0 bridgehead atoms. The summed E-state index contributed by atoms with van der Waals surface area (Å²) in [7, 11) is 1.38. The van der Waals surface area contributed by atoms with E-state index < -0.39 is 17.1 Å². The van der Waals surface area contributed by atoms with Crippen molar-refractivity contribution in [1.82, 2.24) is 0 Å². The Labute approximate surface area is 112 Å².